The summed E-state index contributed by atoms with van der Waals surface area (Å²) in [4.78, 5) is 0.0620. The monoisotopic (exact) mass is 498 g/mol. The van der Waals surface area contributed by atoms with Crippen LogP contribution in [0.3, 0.4) is 0 Å². The molecule has 0 radical (unpaired) electrons. The normalized spacial score (nSPS) is 11.5. The Balaban J connectivity index is 1.97. The van der Waals surface area contributed by atoms with E-state index in [4.69, 9.17) is 14.4 Å². The molecule has 4 rings (SSSR count). The first-order valence-corrected chi connectivity index (χ1v) is 11.7. The first-order chi connectivity index (χ1) is 14.8. The Kier molecular flexibility index (Phi) is 5.70. The fraction of sp³-hybridized carbons (Fsp3) is 0.0870. The van der Waals surface area contributed by atoms with Crippen molar-refractivity contribution in [2.45, 2.75) is 11.8 Å². The Hall–Kier alpha value is -2.94. The molecule has 6 nitrogen and oxygen atoms in total. The zero-order chi connectivity index (χ0) is 22.2. The Bertz CT molecular complexity index is 1350. The van der Waals surface area contributed by atoms with E-state index in [1.54, 1.807) is 19.2 Å². The molecule has 0 aliphatic rings. The molecule has 0 saturated carbocycles. The van der Waals surface area contributed by atoms with Gasteiger partial charge in [0, 0.05) is 11.1 Å². The number of rotatable bonds is 5. The van der Waals surface area contributed by atoms with Gasteiger partial charge in [0.1, 0.15) is 5.75 Å². The van der Waals surface area contributed by atoms with E-state index in [1.807, 2.05) is 49.4 Å². The van der Waals surface area contributed by atoms with E-state index in [0.29, 0.717) is 5.76 Å². The summed E-state index contributed by atoms with van der Waals surface area (Å²) in [5.74, 6) is 1.36. The highest BCUT2D eigenvalue weighted by Crippen LogP contribution is 2.43. The second-order valence-electron chi connectivity index (χ2n) is 6.94. The van der Waals surface area contributed by atoms with Gasteiger partial charge >= 0.3 is 0 Å². The van der Waals surface area contributed by atoms with E-state index in [1.165, 1.54) is 12.1 Å². The summed E-state index contributed by atoms with van der Waals surface area (Å²) in [6.07, 6.45) is 0. The lowest BCUT2D eigenvalue weighted by Gasteiger charge is -2.15. The number of sulfonamides is 1. The third-order valence-electron chi connectivity index (χ3n) is 4.97. The van der Waals surface area contributed by atoms with Crippen molar-refractivity contribution in [1.82, 2.24) is 5.16 Å². The van der Waals surface area contributed by atoms with Crippen LogP contribution in [0.2, 0.25) is 0 Å². The van der Waals surface area contributed by atoms with Gasteiger partial charge in [0.2, 0.25) is 10.0 Å². The Morgan fingerprint density at radius 2 is 1.55 bits per heavy atom. The van der Waals surface area contributed by atoms with Gasteiger partial charge < -0.3 is 9.26 Å². The lowest BCUT2D eigenvalue weighted by molar-refractivity contribution is 0.415. The van der Waals surface area contributed by atoms with Crippen molar-refractivity contribution in [2.75, 3.05) is 7.11 Å². The van der Waals surface area contributed by atoms with Crippen LogP contribution in [0.5, 0.6) is 5.75 Å². The smallest absolute Gasteiger partial charge is 0.238 e. The van der Waals surface area contributed by atoms with Crippen molar-refractivity contribution in [3.63, 3.8) is 0 Å². The highest BCUT2D eigenvalue weighted by Gasteiger charge is 2.20. The van der Waals surface area contributed by atoms with Crippen molar-refractivity contribution in [2.24, 2.45) is 5.14 Å². The van der Waals surface area contributed by atoms with Crippen molar-refractivity contribution < 1.29 is 17.7 Å². The van der Waals surface area contributed by atoms with Gasteiger partial charge in [0.05, 0.1) is 22.2 Å². The van der Waals surface area contributed by atoms with Crippen LogP contribution in [0.15, 0.2) is 80.6 Å². The van der Waals surface area contributed by atoms with Gasteiger partial charge in [-0.1, -0.05) is 47.6 Å². The Morgan fingerprint density at radius 1 is 0.935 bits per heavy atom. The molecule has 0 saturated heterocycles. The topological polar surface area (TPSA) is 95.4 Å². The van der Waals surface area contributed by atoms with Gasteiger partial charge in [0.25, 0.3) is 0 Å². The van der Waals surface area contributed by atoms with E-state index >= 15 is 0 Å². The summed E-state index contributed by atoms with van der Waals surface area (Å²) in [6, 6.07) is 20.1. The van der Waals surface area contributed by atoms with Gasteiger partial charge in [-0.05, 0) is 63.8 Å². The molecule has 1 heterocycles. The maximum absolute atomic E-state index is 11.6. The molecule has 2 N–H and O–H groups in total. The molecule has 0 fully saturated rings. The third kappa shape index (κ3) is 4.14. The number of nitrogens with zero attached hydrogens (tertiary/aromatic N) is 1. The average molecular weight is 499 g/mol. The number of halogens is 1. The number of ether oxygens (including phenoxy) is 1. The first-order valence-electron chi connectivity index (χ1n) is 9.32. The molecule has 3 aromatic carbocycles. The molecule has 0 unspecified atom stereocenters. The van der Waals surface area contributed by atoms with Crippen LogP contribution in [-0.2, 0) is 10.0 Å². The number of aryl methyl sites for hydroxylation is 1. The minimum atomic E-state index is -3.77. The van der Waals surface area contributed by atoms with Crippen LogP contribution in [0, 0.1) is 6.92 Å². The summed E-state index contributed by atoms with van der Waals surface area (Å²) in [6.45, 7) is 1.86. The average Bonchev–Trinajstić information content (AvgIpc) is 3.11. The van der Waals surface area contributed by atoms with Crippen LogP contribution in [-0.4, -0.2) is 20.7 Å². The number of benzene rings is 3. The summed E-state index contributed by atoms with van der Waals surface area (Å²) < 4.78 is 35.0. The van der Waals surface area contributed by atoms with Crippen molar-refractivity contribution in [3.8, 4) is 39.3 Å². The van der Waals surface area contributed by atoms with E-state index in [9.17, 15) is 8.42 Å². The van der Waals surface area contributed by atoms with Gasteiger partial charge in [-0.25, -0.2) is 13.6 Å². The first kappa shape index (κ1) is 21.3. The largest absolute Gasteiger partial charge is 0.497 e. The molecule has 158 valence electrons. The fourth-order valence-corrected chi connectivity index (χ4v) is 4.27. The standard InChI is InChI=1S/C23H19BrN2O4S/c1-14-22(24)23(30-26-14)20-5-3-4-19(15-8-12-18(13-9-15)31(25,27)28)21(20)16-6-10-17(29-2)11-7-16/h3-13H,1-2H3,(H2,25,27,28). The van der Waals surface area contributed by atoms with Gasteiger partial charge in [-0.3, -0.25) is 0 Å². The summed E-state index contributed by atoms with van der Waals surface area (Å²) in [5.41, 5.74) is 5.22. The molecular weight excluding hydrogens is 480 g/mol. The van der Waals surface area contributed by atoms with E-state index in [2.05, 4.69) is 21.1 Å². The zero-order valence-corrected chi connectivity index (χ0v) is 19.2. The van der Waals surface area contributed by atoms with E-state index in [0.717, 1.165) is 43.7 Å². The van der Waals surface area contributed by atoms with Gasteiger partial charge in [0.15, 0.2) is 5.76 Å². The Labute approximate surface area is 188 Å². The fourth-order valence-electron chi connectivity index (χ4n) is 3.40. The van der Waals surface area contributed by atoms with Crippen molar-refractivity contribution in [1.29, 1.82) is 0 Å². The highest BCUT2D eigenvalue weighted by molar-refractivity contribution is 9.10. The number of hydrogen-bond donors (Lipinski definition) is 1. The molecule has 4 aromatic rings. The number of nitrogens with two attached hydrogens (primary N) is 1. The molecule has 8 heteroatoms. The number of hydrogen-bond acceptors (Lipinski definition) is 5. The van der Waals surface area contributed by atoms with Crippen LogP contribution in [0.1, 0.15) is 5.69 Å². The Morgan fingerprint density at radius 3 is 2.10 bits per heavy atom. The molecule has 31 heavy (non-hydrogen) atoms. The van der Waals surface area contributed by atoms with Crippen LogP contribution in [0.4, 0.5) is 0 Å². The maximum atomic E-state index is 11.6. The molecule has 0 bridgehead atoms. The summed E-state index contributed by atoms with van der Waals surface area (Å²) in [5, 5.41) is 9.32. The number of methoxy groups -OCH3 is 1. The lowest BCUT2D eigenvalue weighted by atomic mass is 9.89. The van der Waals surface area contributed by atoms with Crippen LogP contribution in [0.25, 0.3) is 33.6 Å². The molecular formula is C23H19BrN2O4S. The quantitative estimate of drug-likeness (QED) is 0.397. The summed E-state index contributed by atoms with van der Waals surface area (Å²) in [7, 11) is -2.15. The predicted molar refractivity (Wildman–Crippen MR) is 123 cm³/mol. The lowest BCUT2D eigenvalue weighted by Crippen LogP contribution is -2.11. The number of primary sulfonamides is 1. The molecule has 0 amide bonds. The molecule has 0 aliphatic carbocycles. The van der Waals surface area contributed by atoms with Crippen LogP contribution >= 0.6 is 15.9 Å². The summed E-state index contributed by atoms with van der Waals surface area (Å²) >= 11 is 3.57. The molecule has 0 aliphatic heterocycles. The molecule has 0 spiro atoms. The van der Waals surface area contributed by atoms with Crippen molar-refractivity contribution in [3.05, 3.63) is 76.9 Å². The minimum absolute atomic E-state index is 0.0620. The van der Waals surface area contributed by atoms with Crippen molar-refractivity contribution >= 4 is 26.0 Å². The van der Waals surface area contributed by atoms with Gasteiger partial charge in [-0.15, -0.1) is 0 Å². The SMILES string of the molecule is COc1ccc(-c2c(-c3ccc(S(N)(=O)=O)cc3)cccc2-c2onc(C)c2Br)cc1. The third-order valence-corrected chi connectivity index (χ3v) is 6.84. The number of aromatic nitrogens is 1. The minimum Gasteiger partial charge on any atom is -0.497 e. The maximum Gasteiger partial charge on any atom is 0.238 e. The predicted octanol–water partition coefficient (Wildman–Crippen LogP) is 5.40. The highest BCUT2D eigenvalue weighted by atomic mass is 79.9. The van der Waals surface area contributed by atoms with E-state index < -0.39 is 10.0 Å². The van der Waals surface area contributed by atoms with Gasteiger partial charge in [-0.2, -0.15) is 0 Å². The second-order valence-corrected chi connectivity index (χ2v) is 9.29. The molecule has 0 atom stereocenters. The van der Waals surface area contributed by atoms with E-state index in [-0.39, 0.29) is 4.90 Å². The van der Waals surface area contributed by atoms with Crippen LogP contribution < -0.4 is 9.88 Å². The second kappa shape index (κ2) is 8.30. The zero-order valence-electron chi connectivity index (χ0n) is 16.8. The molecule has 1 aromatic heterocycles.